The fourth-order valence-electron chi connectivity index (χ4n) is 0.614. The second kappa shape index (κ2) is 5.26. The minimum Gasteiger partial charge on any atom is -0.481 e. The number of nitrogens with two attached hydrogens (primary N) is 1. The number of esters is 2. The molecule has 0 aliphatic rings. The third-order valence-corrected chi connectivity index (χ3v) is 1.22. The smallest absolute Gasteiger partial charge is 0.330 e. The second-order valence-corrected chi connectivity index (χ2v) is 2.45. The van der Waals surface area contributed by atoms with Gasteiger partial charge in [0, 0.05) is 13.3 Å². The predicted octanol–water partition coefficient (Wildman–Crippen LogP) is -0.732. The third kappa shape index (κ3) is 5.80. The molecule has 0 aliphatic carbocycles. The first-order chi connectivity index (χ1) is 5.93. The molecule has 0 rings (SSSR count). The quantitative estimate of drug-likeness (QED) is 0.446. The monoisotopic (exact) mass is 189 g/mol. The van der Waals surface area contributed by atoms with Crippen molar-refractivity contribution in [2.45, 2.75) is 25.8 Å². The van der Waals surface area contributed by atoms with E-state index in [-0.39, 0.29) is 12.8 Å². The SMILES string of the molecule is CC(=O)OC(=O)C(N)CCC(=O)O. The number of hydrogen-bond acceptors (Lipinski definition) is 5. The highest BCUT2D eigenvalue weighted by Crippen LogP contribution is 1.97. The molecule has 0 bridgehead atoms. The van der Waals surface area contributed by atoms with E-state index in [9.17, 15) is 14.4 Å². The van der Waals surface area contributed by atoms with Crippen molar-refractivity contribution < 1.29 is 24.2 Å². The van der Waals surface area contributed by atoms with E-state index in [1.807, 2.05) is 0 Å². The van der Waals surface area contributed by atoms with Crippen molar-refractivity contribution in [2.24, 2.45) is 5.73 Å². The van der Waals surface area contributed by atoms with E-state index in [0.29, 0.717) is 0 Å². The molecule has 0 heterocycles. The molecule has 0 spiro atoms. The lowest BCUT2D eigenvalue weighted by atomic mass is 10.2. The highest BCUT2D eigenvalue weighted by molar-refractivity contribution is 5.87. The van der Waals surface area contributed by atoms with Crippen molar-refractivity contribution in [1.29, 1.82) is 0 Å². The zero-order valence-corrected chi connectivity index (χ0v) is 7.15. The summed E-state index contributed by atoms with van der Waals surface area (Å²) >= 11 is 0. The van der Waals surface area contributed by atoms with E-state index < -0.39 is 23.9 Å². The Kier molecular flexibility index (Phi) is 4.68. The van der Waals surface area contributed by atoms with Gasteiger partial charge in [-0.2, -0.15) is 0 Å². The summed E-state index contributed by atoms with van der Waals surface area (Å²) in [6.07, 6.45) is -0.268. The first kappa shape index (κ1) is 11.6. The van der Waals surface area contributed by atoms with Gasteiger partial charge in [-0.05, 0) is 6.42 Å². The van der Waals surface area contributed by atoms with E-state index in [1.54, 1.807) is 0 Å². The molecule has 13 heavy (non-hydrogen) atoms. The highest BCUT2D eigenvalue weighted by atomic mass is 16.6. The van der Waals surface area contributed by atoms with Crippen LogP contribution in [-0.2, 0) is 19.1 Å². The van der Waals surface area contributed by atoms with E-state index >= 15 is 0 Å². The topological polar surface area (TPSA) is 107 Å². The molecule has 0 aromatic rings. The van der Waals surface area contributed by atoms with Gasteiger partial charge in [-0.25, -0.2) is 4.79 Å². The van der Waals surface area contributed by atoms with Crippen molar-refractivity contribution in [1.82, 2.24) is 0 Å². The van der Waals surface area contributed by atoms with Crippen LogP contribution in [0.3, 0.4) is 0 Å². The predicted molar refractivity (Wildman–Crippen MR) is 41.6 cm³/mol. The molecule has 74 valence electrons. The normalized spacial score (nSPS) is 11.8. The van der Waals surface area contributed by atoms with Crippen LogP contribution in [0.5, 0.6) is 0 Å². The molecule has 6 nitrogen and oxygen atoms in total. The van der Waals surface area contributed by atoms with Gasteiger partial charge in [0.05, 0.1) is 0 Å². The molecule has 0 saturated carbocycles. The fourth-order valence-corrected chi connectivity index (χ4v) is 0.614. The van der Waals surface area contributed by atoms with Crippen LogP contribution in [0.25, 0.3) is 0 Å². The van der Waals surface area contributed by atoms with Gasteiger partial charge in [-0.15, -0.1) is 0 Å². The molecule has 0 aromatic heterocycles. The van der Waals surface area contributed by atoms with Gasteiger partial charge in [0.15, 0.2) is 0 Å². The van der Waals surface area contributed by atoms with Crippen LogP contribution in [0.1, 0.15) is 19.8 Å². The molecule has 6 heteroatoms. The van der Waals surface area contributed by atoms with Crippen LogP contribution in [0.15, 0.2) is 0 Å². The number of carboxylic acids is 1. The maximum atomic E-state index is 10.8. The van der Waals surface area contributed by atoms with Crippen LogP contribution in [0.4, 0.5) is 0 Å². The number of ether oxygens (including phenoxy) is 1. The number of carboxylic acid groups (broad SMARTS) is 1. The summed E-state index contributed by atoms with van der Waals surface area (Å²) in [5.41, 5.74) is 5.22. The lowest BCUT2D eigenvalue weighted by molar-refractivity contribution is -0.159. The molecule has 0 amide bonds. The molecular weight excluding hydrogens is 178 g/mol. The Balaban J connectivity index is 3.82. The molecule has 0 aliphatic heterocycles. The number of hydrogen-bond donors (Lipinski definition) is 2. The van der Waals surface area contributed by atoms with Gasteiger partial charge < -0.3 is 15.6 Å². The van der Waals surface area contributed by atoms with Crippen LogP contribution in [-0.4, -0.2) is 29.1 Å². The van der Waals surface area contributed by atoms with Crippen molar-refractivity contribution in [3.63, 3.8) is 0 Å². The molecule has 1 atom stereocenters. The summed E-state index contributed by atoms with van der Waals surface area (Å²) in [6, 6.07) is -1.06. The largest absolute Gasteiger partial charge is 0.481 e. The Bertz CT molecular complexity index is 225. The summed E-state index contributed by atoms with van der Waals surface area (Å²) < 4.78 is 4.15. The average molecular weight is 189 g/mol. The molecule has 0 radical (unpaired) electrons. The Morgan fingerprint density at radius 1 is 1.46 bits per heavy atom. The maximum absolute atomic E-state index is 10.8. The van der Waals surface area contributed by atoms with Gasteiger partial charge in [0.2, 0.25) is 0 Å². The lowest BCUT2D eigenvalue weighted by Crippen LogP contribution is -2.33. The van der Waals surface area contributed by atoms with E-state index in [0.717, 1.165) is 6.92 Å². The first-order valence-electron chi connectivity index (χ1n) is 3.63. The van der Waals surface area contributed by atoms with Crippen molar-refractivity contribution in [3.8, 4) is 0 Å². The Hall–Kier alpha value is -1.43. The molecule has 0 aromatic carbocycles. The maximum Gasteiger partial charge on any atom is 0.330 e. The van der Waals surface area contributed by atoms with Gasteiger partial charge in [0.1, 0.15) is 6.04 Å². The number of carbonyl (C=O) groups is 3. The van der Waals surface area contributed by atoms with E-state index in [4.69, 9.17) is 10.8 Å². The minimum absolute atomic E-state index is 0.0402. The number of aliphatic carboxylic acids is 1. The van der Waals surface area contributed by atoms with Gasteiger partial charge >= 0.3 is 17.9 Å². The first-order valence-corrected chi connectivity index (χ1v) is 3.63. The zero-order valence-electron chi connectivity index (χ0n) is 7.15. The second-order valence-electron chi connectivity index (χ2n) is 2.45. The molecule has 0 saturated heterocycles. The van der Waals surface area contributed by atoms with Gasteiger partial charge in [-0.3, -0.25) is 9.59 Å². The molecular formula is C7H11NO5. The molecule has 0 fully saturated rings. The number of rotatable bonds is 4. The van der Waals surface area contributed by atoms with Gasteiger partial charge in [0.25, 0.3) is 0 Å². The number of carbonyl (C=O) groups excluding carboxylic acids is 2. The Labute approximate surface area is 74.7 Å². The van der Waals surface area contributed by atoms with Crippen molar-refractivity contribution in [3.05, 3.63) is 0 Å². The minimum atomic E-state index is -1.06. The fraction of sp³-hybridized carbons (Fsp3) is 0.571. The van der Waals surface area contributed by atoms with Crippen LogP contribution in [0.2, 0.25) is 0 Å². The zero-order chi connectivity index (χ0) is 10.4. The molecule has 3 N–H and O–H groups in total. The third-order valence-electron chi connectivity index (χ3n) is 1.22. The highest BCUT2D eigenvalue weighted by Gasteiger charge is 2.17. The van der Waals surface area contributed by atoms with Crippen LogP contribution < -0.4 is 5.73 Å². The summed E-state index contributed by atoms with van der Waals surface area (Å²) in [5, 5.41) is 8.25. The van der Waals surface area contributed by atoms with Crippen molar-refractivity contribution >= 4 is 17.9 Å². The standard InChI is InChI=1S/C7H11NO5/c1-4(9)13-7(12)5(8)2-3-6(10)11/h5H,2-3,8H2,1H3,(H,10,11). The van der Waals surface area contributed by atoms with Crippen LogP contribution >= 0.6 is 0 Å². The average Bonchev–Trinajstić information content (AvgIpc) is 1.98. The van der Waals surface area contributed by atoms with Crippen molar-refractivity contribution in [2.75, 3.05) is 0 Å². The molecule has 1 unspecified atom stereocenters. The summed E-state index contributed by atoms with van der Waals surface area (Å²) in [7, 11) is 0. The van der Waals surface area contributed by atoms with E-state index in [2.05, 4.69) is 4.74 Å². The summed E-state index contributed by atoms with van der Waals surface area (Å²) in [6.45, 7) is 1.07. The summed E-state index contributed by atoms with van der Waals surface area (Å²) in [5.74, 6) is -2.70. The lowest BCUT2D eigenvalue weighted by Gasteiger charge is -2.06. The Morgan fingerprint density at radius 2 is 2.00 bits per heavy atom. The van der Waals surface area contributed by atoms with E-state index in [1.165, 1.54) is 0 Å². The summed E-state index contributed by atoms with van der Waals surface area (Å²) in [4.78, 5) is 31.2. The Morgan fingerprint density at radius 3 is 2.38 bits per heavy atom. The van der Waals surface area contributed by atoms with Gasteiger partial charge in [-0.1, -0.05) is 0 Å². The van der Waals surface area contributed by atoms with Crippen LogP contribution in [0, 0.1) is 0 Å².